The van der Waals surface area contributed by atoms with Gasteiger partial charge in [-0.05, 0) is 37.8 Å². The predicted molar refractivity (Wildman–Crippen MR) is 85.5 cm³/mol. The summed E-state index contributed by atoms with van der Waals surface area (Å²) in [4.78, 5) is 14.7. The smallest absolute Gasteiger partial charge is 0.228 e. The largest absolute Gasteiger partial charge is 0.342 e. The standard InChI is InChI=1S/C17H22N4O/c22-17(10-16-13-5-1-2-6-15(13)19-20-16)21-9-7-14-12(11-21)4-3-8-18-14/h1-2,5-6,12,14,18H,3-4,7-11H2,(H,19,20)/t12-,14+/m1/s1. The summed E-state index contributed by atoms with van der Waals surface area (Å²) in [5.74, 6) is 0.850. The predicted octanol–water partition coefficient (Wildman–Crippen LogP) is 1.71. The molecule has 1 aromatic carbocycles. The van der Waals surface area contributed by atoms with E-state index < -0.39 is 0 Å². The number of aromatic amines is 1. The Hall–Kier alpha value is -1.88. The number of piperidine rings is 2. The third kappa shape index (κ3) is 2.50. The van der Waals surface area contributed by atoms with E-state index in [9.17, 15) is 4.79 Å². The Morgan fingerprint density at radius 1 is 1.32 bits per heavy atom. The van der Waals surface area contributed by atoms with Crippen LogP contribution < -0.4 is 5.32 Å². The minimum absolute atomic E-state index is 0.221. The molecule has 0 unspecified atom stereocenters. The Labute approximate surface area is 130 Å². The number of carbonyl (C=O) groups excluding carboxylic acids is 1. The fourth-order valence-electron chi connectivity index (χ4n) is 3.88. The maximum Gasteiger partial charge on any atom is 0.228 e. The summed E-state index contributed by atoms with van der Waals surface area (Å²) in [7, 11) is 0. The Morgan fingerprint density at radius 2 is 2.23 bits per heavy atom. The summed E-state index contributed by atoms with van der Waals surface area (Å²) in [6.07, 6.45) is 3.98. The molecule has 2 saturated heterocycles. The number of hydrogen-bond acceptors (Lipinski definition) is 3. The maximum atomic E-state index is 12.6. The van der Waals surface area contributed by atoms with Gasteiger partial charge < -0.3 is 10.2 Å². The average Bonchev–Trinajstić information content (AvgIpc) is 2.97. The molecule has 0 saturated carbocycles. The van der Waals surface area contributed by atoms with Gasteiger partial charge in [0.1, 0.15) is 0 Å². The molecule has 3 heterocycles. The molecule has 2 aliphatic rings. The molecular formula is C17H22N4O. The molecule has 22 heavy (non-hydrogen) atoms. The molecular weight excluding hydrogens is 276 g/mol. The van der Waals surface area contributed by atoms with E-state index in [0.29, 0.717) is 18.4 Å². The lowest BCUT2D eigenvalue weighted by molar-refractivity contribution is -0.133. The van der Waals surface area contributed by atoms with Crippen molar-refractivity contribution in [1.82, 2.24) is 20.4 Å². The van der Waals surface area contributed by atoms with Crippen molar-refractivity contribution in [3.8, 4) is 0 Å². The van der Waals surface area contributed by atoms with Crippen LogP contribution in [0.2, 0.25) is 0 Å². The van der Waals surface area contributed by atoms with Crippen molar-refractivity contribution in [3.63, 3.8) is 0 Å². The monoisotopic (exact) mass is 298 g/mol. The van der Waals surface area contributed by atoms with E-state index in [1.165, 1.54) is 12.8 Å². The number of carbonyl (C=O) groups is 1. The van der Waals surface area contributed by atoms with E-state index in [1.807, 2.05) is 29.2 Å². The van der Waals surface area contributed by atoms with Gasteiger partial charge in [-0.2, -0.15) is 5.10 Å². The Bertz CT molecular complexity index is 680. The first kappa shape index (κ1) is 13.8. The van der Waals surface area contributed by atoms with E-state index in [0.717, 1.165) is 42.7 Å². The number of hydrogen-bond donors (Lipinski definition) is 2. The molecule has 2 N–H and O–H groups in total. The van der Waals surface area contributed by atoms with Gasteiger partial charge in [-0.25, -0.2) is 0 Å². The summed E-state index contributed by atoms with van der Waals surface area (Å²) < 4.78 is 0. The van der Waals surface area contributed by atoms with Crippen molar-refractivity contribution < 1.29 is 4.79 Å². The molecule has 0 spiro atoms. The summed E-state index contributed by atoms with van der Waals surface area (Å²) in [6, 6.07) is 8.57. The number of aromatic nitrogens is 2. The highest BCUT2D eigenvalue weighted by Gasteiger charge is 2.32. The van der Waals surface area contributed by atoms with Crippen LogP contribution in [0.4, 0.5) is 0 Å². The third-order valence-corrected chi connectivity index (χ3v) is 5.11. The lowest BCUT2D eigenvalue weighted by Gasteiger charge is -2.41. The zero-order valence-electron chi connectivity index (χ0n) is 12.7. The van der Waals surface area contributed by atoms with Gasteiger partial charge in [0.15, 0.2) is 0 Å². The number of amides is 1. The van der Waals surface area contributed by atoms with Crippen molar-refractivity contribution in [1.29, 1.82) is 0 Å². The fraction of sp³-hybridized carbons (Fsp3) is 0.529. The molecule has 0 bridgehead atoms. The van der Waals surface area contributed by atoms with Crippen LogP contribution in [0.25, 0.3) is 10.9 Å². The number of benzene rings is 1. The van der Waals surface area contributed by atoms with Crippen molar-refractivity contribution in [3.05, 3.63) is 30.0 Å². The minimum Gasteiger partial charge on any atom is -0.342 e. The zero-order valence-corrected chi connectivity index (χ0v) is 12.7. The number of rotatable bonds is 2. The van der Waals surface area contributed by atoms with Gasteiger partial charge in [-0.1, -0.05) is 18.2 Å². The number of nitrogens with zero attached hydrogens (tertiary/aromatic N) is 2. The van der Waals surface area contributed by atoms with Crippen LogP contribution >= 0.6 is 0 Å². The van der Waals surface area contributed by atoms with Gasteiger partial charge in [0, 0.05) is 24.5 Å². The zero-order chi connectivity index (χ0) is 14.9. The molecule has 116 valence electrons. The van der Waals surface area contributed by atoms with Crippen LogP contribution in [0, 0.1) is 5.92 Å². The molecule has 0 radical (unpaired) electrons. The van der Waals surface area contributed by atoms with Crippen LogP contribution in [0.1, 0.15) is 25.0 Å². The third-order valence-electron chi connectivity index (χ3n) is 5.11. The summed E-state index contributed by atoms with van der Waals surface area (Å²) in [6.45, 7) is 2.91. The molecule has 5 nitrogen and oxygen atoms in total. The quantitative estimate of drug-likeness (QED) is 0.887. The average molecular weight is 298 g/mol. The van der Waals surface area contributed by atoms with Crippen molar-refractivity contribution in [2.75, 3.05) is 19.6 Å². The lowest BCUT2D eigenvalue weighted by Crippen LogP contribution is -2.53. The summed E-state index contributed by atoms with van der Waals surface area (Å²) in [5.41, 5.74) is 1.87. The van der Waals surface area contributed by atoms with Gasteiger partial charge in [0.05, 0.1) is 17.6 Å². The van der Waals surface area contributed by atoms with Crippen LogP contribution in [-0.4, -0.2) is 46.7 Å². The molecule has 2 fully saturated rings. The van der Waals surface area contributed by atoms with E-state index in [4.69, 9.17) is 0 Å². The number of H-pyrrole nitrogens is 1. The van der Waals surface area contributed by atoms with Crippen LogP contribution in [0.5, 0.6) is 0 Å². The van der Waals surface area contributed by atoms with E-state index in [-0.39, 0.29) is 5.91 Å². The second kappa shape index (κ2) is 5.72. The Morgan fingerprint density at radius 3 is 3.18 bits per heavy atom. The van der Waals surface area contributed by atoms with E-state index in [1.54, 1.807) is 0 Å². The van der Waals surface area contributed by atoms with E-state index in [2.05, 4.69) is 15.5 Å². The molecule has 5 heteroatoms. The second-order valence-corrected chi connectivity index (χ2v) is 6.49. The molecule has 1 amide bonds. The fourth-order valence-corrected chi connectivity index (χ4v) is 3.88. The highest BCUT2D eigenvalue weighted by molar-refractivity contribution is 5.87. The van der Waals surface area contributed by atoms with Crippen LogP contribution in [0.3, 0.4) is 0 Å². The minimum atomic E-state index is 0.221. The highest BCUT2D eigenvalue weighted by atomic mass is 16.2. The van der Waals surface area contributed by atoms with Gasteiger partial charge in [0.2, 0.25) is 5.91 Å². The number of para-hydroxylation sites is 1. The topological polar surface area (TPSA) is 61.0 Å². The second-order valence-electron chi connectivity index (χ2n) is 6.49. The lowest BCUT2D eigenvalue weighted by atomic mass is 9.85. The van der Waals surface area contributed by atoms with Crippen molar-refractivity contribution in [2.45, 2.75) is 31.7 Å². The Kier molecular flexibility index (Phi) is 3.58. The molecule has 0 aliphatic carbocycles. The van der Waals surface area contributed by atoms with Gasteiger partial charge in [0.25, 0.3) is 0 Å². The van der Waals surface area contributed by atoms with Crippen molar-refractivity contribution in [2.24, 2.45) is 5.92 Å². The summed E-state index contributed by atoms with van der Waals surface area (Å²) >= 11 is 0. The first-order valence-corrected chi connectivity index (χ1v) is 8.24. The number of likely N-dealkylation sites (tertiary alicyclic amines) is 1. The van der Waals surface area contributed by atoms with Crippen molar-refractivity contribution >= 4 is 16.8 Å². The van der Waals surface area contributed by atoms with Gasteiger partial charge in [-0.3, -0.25) is 9.89 Å². The highest BCUT2D eigenvalue weighted by Crippen LogP contribution is 2.25. The number of fused-ring (bicyclic) bond motifs is 2. The van der Waals surface area contributed by atoms with Crippen LogP contribution in [0.15, 0.2) is 24.3 Å². The van der Waals surface area contributed by atoms with Crippen LogP contribution in [-0.2, 0) is 11.2 Å². The van der Waals surface area contributed by atoms with E-state index >= 15 is 0 Å². The molecule has 2 atom stereocenters. The first-order chi connectivity index (χ1) is 10.8. The normalized spacial score (nSPS) is 25.2. The maximum absolute atomic E-state index is 12.6. The Balaban J connectivity index is 1.46. The number of nitrogens with one attached hydrogen (secondary N) is 2. The first-order valence-electron chi connectivity index (χ1n) is 8.24. The van der Waals surface area contributed by atoms with Gasteiger partial charge in [-0.15, -0.1) is 0 Å². The SMILES string of the molecule is O=C(Cc1[nH]nc2ccccc12)N1CC[C@@H]2NCCC[C@@H]2C1. The molecule has 1 aromatic heterocycles. The summed E-state index contributed by atoms with van der Waals surface area (Å²) in [5, 5.41) is 12.0. The molecule has 2 aliphatic heterocycles. The molecule has 4 rings (SSSR count). The molecule has 2 aromatic rings. The van der Waals surface area contributed by atoms with Gasteiger partial charge >= 0.3 is 0 Å².